The molecule has 0 N–H and O–H groups in total. The molecule has 2 aromatic carbocycles. The normalized spacial score (nSPS) is 15.9. The van der Waals surface area contributed by atoms with Crippen molar-refractivity contribution in [3.8, 4) is 17.1 Å². The van der Waals surface area contributed by atoms with Gasteiger partial charge in [0.25, 0.3) is 0 Å². The maximum atomic E-state index is 13.2. The summed E-state index contributed by atoms with van der Waals surface area (Å²) in [6, 6.07) is 12.6. The minimum Gasteiger partial charge on any atom is -0.488 e. The molecule has 0 saturated heterocycles. The van der Waals surface area contributed by atoms with Gasteiger partial charge in [-0.15, -0.1) is 0 Å². The number of aromatic nitrogens is 3. The number of rotatable bonds is 4. The third-order valence-electron chi connectivity index (χ3n) is 5.71. The Morgan fingerprint density at radius 3 is 2.71 bits per heavy atom. The van der Waals surface area contributed by atoms with E-state index in [9.17, 15) is 13.2 Å². The summed E-state index contributed by atoms with van der Waals surface area (Å²) in [5.74, 6) is 1.53. The average molecular weight is 489 g/mol. The molecular formula is C24H20ClF3N4O2. The smallest absolute Gasteiger partial charge is 0.416 e. The van der Waals surface area contributed by atoms with E-state index in [1.807, 2.05) is 36.1 Å². The Balaban J connectivity index is 1.65. The van der Waals surface area contributed by atoms with Gasteiger partial charge in [0.2, 0.25) is 0 Å². The van der Waals surface area contributed by atoms with Crippen molar-refractivity contribution in [3.63, 3.8) is 0 Å². The van der Waals surface area contributed by atoms with Crippen LogP contribution < -0.4 is 9.64 Å². The number of imidazole rings is 1. The second-order valence-electron chi connectivity index (χ2n) is 8.06. The number of benzene rings is 2. The molecule has 0 bridgehead atoms. The summed E-state index contributed by atoms with van der Waals surface area (Å²) in [6.07, 6.45) is -2.70. The topological polar surface area (TPSA) is 52.4 Å². The fraction of sp³-hybridized carbons (Fsp3) is 0.250. The molecule has 5 rings (SSSR count). The maximum absolute atomic E-state index is 13.2. The number of nitrogens with zero attached hydrogens (tertiary/aromatic N) is 4. The zero-order chi connectivity index (χ0) is 24.0. The van der Waals surface area contributed by atoms with E-state index in [0.717, 1.165) is 33.3 Å². The van der Waals surface area contributed by atoms with E-state index in [0.29, 0.717) is 30.0 Å². The van der Waals surface area contributed by atoms with Gasteiger partial charge in [-0.25, -0.2) is 14.1 Å². The van der Waals surface area contributed by atoms with E-state index in [1.54, 1.807) is 19.4 Å². The summed E-state index contributed by atoms with van der Waals surface area (Å²) in [5.41, 5.74) is 2.05. The van der Waals surface area contributed by atoms with E-state index in [2.05, 4.69) is 9.97 Å². The minimum atomic E-state index is -4.48. The summed E-state index contributed by atoms with van der Waals surface area (Å²) in [6.45, 7) is 2.69. The summed E-state index contributed by atoms with van der Waals surface area (Å²) in [4.78, 5) is 11.1. The van der Waals surface area contributed by atoms with E-state index in [-0.39, 0.29) is 17.4 Å². The van der Waals surface area contributed by atoms with Gasteiger partial charge < -0.3 is 14.4 Å². The molecule has 1 atom stereocenters. The standard InChI is InChI=1S/C24H20ClF3N4O2/c1-14-6-9-21(29-11-14)31-16(12-33-2)13-34-22-17(4-3-5-19(22)31)23-30-18-8-7-15(24(26,27)28)10-20(18)32(23)25/h3-11,16H,12-13H2,1-2H3. The maximum Gasteiger partial charge on any atom is 0.416 e. The van der Waals surface area contributed by atoms with Crippen LogP contribution in [-0.4, -0.2) is 40.4 Å². The third kappa shape index (κ3) is 3.84. The van der Waals surface area contributed by atoms with E-state index >= 15 is 0 Å². The predicted molar refractivity (Wildman–Crippen MR) is 124 cm³/mol. The van der Waals surface area contributed by atoms with Crippen molar-refractivity contribution >= 4 is 34.3 Å². The highest BCUT2D eigenvalue weighted by atomic mass is 35.5. The van der Waals surface area contributed by atoms with Crippen LogP contribution in [0.5, 0.6) is 5.75 Å². The van der Waals surface area contributed by atoms with Crippen molar-refractivity contribution in [3.05, 3.63) is 65.9 Å². The number of hydrogen-bond acceptors (Lipinski definition) is 5. The average Bonchev–Trinajstić information content (AvgIpc) is 3.14. The molecule has 34 heavy (non-hydrogen) atoms. The SMILES string of the molecule is COCC1COc2c(-c3nc4ccc(C(F)(F)F)cc4n3Cl)cccc2N1c1ccc(C)cn1. The van der Waals surface area contributed by atoms with Gasteiger partial charge in [-0.05, 0) is 48.9 Å². The molecule has 1 unspecified atom stereocenters. The van der Waals surface area contributed by atoms with E-state index < -0.39 is 11.7 Å². The Morgan fingerprint density at radius 1 is 1.18 bits per heavy atom. The van der Waals surface area contributed by atoms with Crippen molar-refractivity contribution in [1.29, 1.82) is 0 Å². The first-order chi connectivity index (χ1) is 16.3. The number of methoxy groups -OCH3 is 1. The van der Waals surface area contributed by atoms with Crippen LogP contribution in [0.4, 0.5) is 24.7 Å². The van der Waals surface area contributed by atoms with Crippen molar-refractivity contribution in [1.82, 2.24) is 14.1 Å². The van der Waals surface area contributed by atoms with Crippen LogP contribution in [0.15, 0.2) is 54.7 Å². The lowest BCUT2D eigenvalue weighted by atomic mass is 10.1. The Bertz CT molecular complexity index is 1360. The summed E-state index contributed by atoms with van der Waals surface area (Å²) >= 11 is 6.49. The van der Waals surface area contributed by atoms with Crippen LogP contribution in [0, 0.1) is 6.92 Å². The summed E-state index contributed by atoms with van der Waals surface area (Å²) in [7, 11) is 1.62. The van der Waals surface area contributed by atoms with Gasteiger partial charge in [0.05, 0.1) is 40.5 Å². The number of halogens is 4. The fourth-order valence-corrected chi connectivity index (χ4v) is 4.37. The monoisotopic (exact) mass is 488 g/mol. The van der Waals surface area contributed by atoms with Crippen LogP contribution in [0.1, 0.15) is 11.1 Å². The van der Waals surface area contributed by atoms with Gasteiger partial charge in [0.15, 0.2) is 11.6 Å². The number of ether oxygens (including phenoxy) is 2. The molecule has 176 valence electrons. The summed E-state index contributed by atoms with van der Waals surface area (Å²) < 4.78 is 52.3. The number of alkyl halides is 3. The molecule has 1 aliphatic heterocycles. The molecule has 0 saturated carbocycles. The second kappa shape index (κ2) is 8.48. The van der Waals surface area contributed by atoms with Gasteiger partial charge in [-0.2, -0.15) is 13.2 Å². The number of aryl methyl sites for hydroxylation is 1. The highest BCUT2D eigenvalue weighted by molar-refractivity contribution is 6.20. The third-order valence-corrected chi connectivity index (χ3v) is 6.05. The molecule has 3 heterocycles. The Morgan fingerprint density at radius 2 is 2.00 bits per heavy atom. The number of pyridine rings is 1. The predicted octanol–water partition coefficient (Wildman–Crippen LogP) is 5.97. The molecule has 10 heteroatoms. The zero-order valence-corrected chi connectivity index (χ0v) is 19.1. The number of anilines is 2. The quantitative estimate of drug-likeness (QED) is 0.354. The lowest BCUT2D eigenvalue weighted by molar-refractivity contribution is -0.137. The van der Waals surface area contributed by atoms with E-state index in [4.69, 9.17) is 21.3 Å². The van der Waals surface area contributed by atoms with Crippen LogP contribution in [-0.2, 0) is 10.9 Å². The zero-order valence-electron chi connectivity index (χ0n) is 18.3. The van der Waals surface area contributed by atoms with Crippen molar-refractivity contribution in [2.45, 2.75) is 19.1 Å². The molecule has 1 aliphatic rings. The molecule has 6 nitrogen and oxygen atoms in total. The first kappa shape index (κ1) is 22.5. The van der Waals surface area contributed by atoms with Crippen molar-refractivity contribution in [2.75, 3.05) is 25.2 Å². The molecule has 2 aromatic heterocycles. The van der Waals surface area contributed by atoms with Crippen molar-refractivity contribution in [2.24, 2.45) is 0 Å². The van der Waals surface area contributed by atoms with E-state index in [1.165, 1.54) is 6.07 Å². The lowest BCUT2D eigenvalue weighted by Gasteiger charge is -2.38. The minimum absolute atomic E-state index is 0.132. The fourth-order valence-electron chi connectivity index (χ4n) is 4.11. The number of hydrogen-bond donors (Lipinski definition) is 0. The molecule has 0 amide bonds. The lowest BCUT2D eigenvalue weighted by Crippen LogP contribution is -2.43. The Hall–Kier alpha value is -3.30. The largest absolute Gasteiger partial charge is 0.488 e. The van der Waals surface area contributed by atoms with Crippen LogP contribution >= 0.6 is 11.8 Å². The van der Waals surface area contributed by atoms with Crippen LogP contribution in [0.3, 0.4) is 0 Å². The second-order valence-corrected chi connectivity index (χ2v) is 8.39. The molecule has 0 radical (unpaired) electrons. The highest BCUT2D eigenvalue weighted by Crippen LogP contribution is 2.45. The molecule has 0 spiro atoms. The Kier molecular flexibility index (Phi) is 5.61. The molecular weight excluding hydrogens is 469 g/mol. The van der Waals surface area contributed by atoms with Gasteiger partial charge in [-0.1, -0.05) is 12.1 Å². The van der Waals surface area contributed by atoms with Crippen molar-refractivity contribution < 1.29 is 22.6 Å². The number of para-hydroxylation sites is 1. The highest BCUT2D eigenvalue weighted by Gasteiger charge is 2.34. The van der Waals surface area contributed by atoms with Gasteiger partial charge in [-0.3, -0.25) is 0 Å². The van der Waals surface area contributed by atoms with Crippen LogP contribution in [0.25, 0.3) is 22.4 Å². The first-order valence-corrected chi connectivity index (χ1v) is 10.8. The van der Waals surface area contributed by atoms with Gasteiger partial charge >= 0.3 is 6.18 Å². The summed E-state index contributed by atoms with van der Waals surface area (Å²) in [5, 5.41) is 0. The van der Waals surface area contributed by atoms with Gasteiger partial charge in [0, 0.05) is 25.1 Å². The molecule has 0 fully saturated rings. The number of fused-ring (bicyclic) bond motifs is 2. The first-order valence-electron chi connectivity index (χ1n) is 10.5. The van der Waals surface area contributed by atoms with Gasteiger partial charge in [0.1, 0.15) is 12.4 Å². The Labute approximate surface area is 198 Å². The molecule has 0 aliphatic carbocycles. The molecule has 4 aromatic rings. The van der Waals surface area contributed by atoms with Crippen LogP contribution in [0.2, 0.25) is 0 Å².